The third-order valence-corrected chi connectivity index (χ3v) is 6.64. The first-order valence-corrected chi connectivity index (χ1v) is 13.3. The van der Waals surface area contributed by atoms with Gasteiger partial charge >= 0.3 is 5.97 Å². The summed E-state index contributed by atoms with van der Waals surface area (Å²) in [7, 11) is 0. The van der Waals surface area contributed by atoms with Crippen LogP contribution in [0.5, 0.6) is 11.6 Å². The van der Waals surface area contributed by atoms with Crippen LogP contribution in [-0.2, 0) is 19.8 Å². The molecule has 0 saturated carbocycles. The van der Waals surface area contributed by atoms with E-state index < -0.39 is 5.97 Å². The number of hydrogen-bond donors (Lipinski definition) is 1. The quantitative estimate of drug-likeness (QED) is 0.180. The molecule has 3 aromatic heterocycles. The monoisotopic (exact) mass is 561 g/mol. The number of hydrogen-bond acceptors (Lipinski definition) is 7. The van der Waals surface area contributed by atoms with Crippen molar-refractivity contribution < 1.29 is 28.2 Å². The van der Waals surface area contributed by atoms with Crippen molar-refractivity contribution in [3.05, 3.63) is 132 Å². The molecule has 0 saturated heterocycles. The molecule has 3 aromatic carbocycles. The van der Waals surface area contributed by atoms with E-state index in [1.165, 1.54) is 6.20 Å². The zero-order valence-electron chi connectivity index (χ0n) is 22.8. The molecule has 0 amide bonds. The molecular formula is C33H27N3O6. The first-order chi connectivity index (χ1) is 20.5. The first kappa shape index (κ1) is 26.6. The lowest BCUT2D eigenvalue weighted by Crippen LogP contribution is -2.03. The average molecular weight is 562 g/mol. The Morgan fingerprint density at radius 1 is 0.905 bits per heavy atom. The van der Waals surface area contributed by atoms with E-state index in [2.05, 4.69) is 10.1 Å². The van der Waals surface area contributed by atoms with Crippen LogP contribution in [0.25, 0.3) is 22.8 Å². The van der Waals surface area contributed by atoms with E-state index in [9.17, 15) is 9.90 Å². The van der Waals surface area contributed by atoms with Crippen LogP contribution in [0.1, 0.15) is 32.9 Å². The van der Waals surface area contributed by atoms with Crippen LogP contribution >= 0.6 is 0 Å². The zero-order chi connectivity index (χ0) is 28.9. The van der Waals surface area contributed by atoms with E-state index in [0.717, 1.165) is 22.3 Å². The number of carbonyl (C=O) groups is 1. The van der Waals surface area contributed by atoms with Gasteiger partial charge in [-0.2, -0.15) is 0 Å². The molecule has 42 heavy (non-hydrogen) atoms. The molecule has 0 atom stereocenters. The van der Waals surface area contributed by atoms with Crippen LogP contribution in [0.2, 0.25) is 0 Å². The Morgan fingerprint density at radius 2 is 1.69 bits per heavy atom. The summed E-state index contributed by atoms with van der Waals surface area (Å²) in [5.41, 5.74) is 4.32. The van der Waals surface area contributed by atoms with Gasteiger partial charge < -0.3 is 23.4 Å². The summed E-state index contributed by atoms with van der Waals surface area (Å²) in [6.45, 7) is 2.59. The number of oxazole rings is 1. The van der Waals surface area contributed by atoms with Crippen LogP contribution in [0.4, 0.5) is 0 Å². The Balaban J connectivity index is 1.21. The van der Waals surface area contributed by atoms with Gasteiger partial charge in [0, 0.05) is 11.8 Å². The maximum absolute atomic E-state index is 11.9. The molecule has 9 nitrogen and oxygen atoms in total. The topological polar surface area (TPSA) is 113 Å². The predicted octanol–water partition coefficient (Wildman–Crippen LogP) is 7.01. The third-order valence-electron chi connectivity index (χ3n) is 6.64. The highest BCUT2D eigenvalue weighted by molar-refractivity contribution is 5.89. The summed E-state index contributed by atoms with van der Waals surface area (Å²) < 4.78 is 24.9. The molecule has 0 unspecified atom stereocenters. The molecule has 0 aliphatic rings. The van der Waals surface area contributed by atoms with Crippen LogP contribution in [0.15, 0.2) is 112 Å². The number of benzene rings is 3. The molecule has 210 valence electrons. The normalized spacial score (nSPS) is 11.0. The third kappa shape index (κ3) is 5.95. The highest BCUT2D eigenvalue weighted by Crippen LogP contribution is 2.33. The van der Waals surface area contributed by atoms with E-state index in [4.69, 9.17) is 18.3 Å². The average Bonchev–Trinajstić information content (AvgIpc) is 3.77. The van der Waals surface area contributed by atoms with Crippen molar-refractivity contribution in [2.45, 2.75) is 26.7 Å². The fourth-order valence-electron chi connectivity index (χ4n) is 4.51. The Labute approximate surface area is 241 Å². The molecule has 3 heterocycles. The van der Waals surface area contributed by atoms with Gasteiger partial charge in [0.25, 0.3) is 5.89 Å². The molecule has 0 aliphatic carbocycles. The number of aromatic nitrogens is 3. The molecular weight excluding hydrogens is 534 g/mol. The van der Waals surface area contributed by atoms with Gasteiger partial charge in [0.1, 0.15) is 36.0 Å². The summed E-state index contributed by atoms with van der Waals surface area (Å²) in [6, 6.07) is 28.8. The standard InChI is InChI=1S/C33H27N3O6/c1-22-28(34-32(42-22)30-13-8-16-39-30)21-40-29-15-14-24(17-26(29)25-11-6-3-7-12-25)20-41-31-27(33(37)38)19-36(35-31)18-23-9-4-2-5-10-23/h2-17,19H,18,20-21H2,1H3,(H,37,38). The van der Waals surface area contributed by atoms with E-state index in [0.29, 0.717) is 35.4 Å². The number of aryl methyl sites for hydroxylation is 1. The van der Waals surface area contributed by atoms with E-state index in [1.54, 1.807) is 23.1 Å². The molecule has 0 radical (unpaired) electrons. The Kier molecular flexibility index (Phi) is 7.54. The number of rotatable bonds is 11. The molecule has 0 bridgehead atoms. The predicted molar refractivity (Wildman–Crippen MR) is 154 cm³/mol. The lowest BCUT2D eigenvalue weighted by molar-refractivity contribution is 0.0691. The van der Waals surface area contributed by atoms with Crippen molar-refractivity contribution >= 4 is 5.97 Å². The first-order valence-electron chi connectivity index (χ1n) is 13.3. The van der Waals surface area contributed by atoms with Crippen LogP contribution in [0.3, 0.4) is 0 Å². The van der Waals surface area contributed by atoms with Crippen LogP contribution < -0.4 is 9.47 Å². The highest BCUT2D eigenvalue weighted by Gasteiger charge is 2.19. The molecule has 0 spiro atoms. The second-order valence-electron chi connectivity index (χ2n) is 9.61. The van der Waals surface area contributed by atoms with Crippen molar-refractivity contribution in [1.82, 2.24) is 14.8 Å². The summed E-state index contributed by atoms with van der Waals surface area (Å²) in [4.78, 5) is 16.4. The fourth-order valence-corrected chi connectivity index (χ4v) is 4.51. The van der Waals surface area contributed by atoms with Crippen LogP contribution in [-0.4, -0.2) is 25.8 Å². The number of aromatic carboxylic acids is 1. The second-order valence-corrected chi connectivity index (χ2v) is 9.61. The van der Waals surface area contributed by atoms with Gasteiger partial charge in [-0.15, -0.1) is 5.10 Å². The number of ether oxygens (including phenoxy) is 2. The maximum atomic E-state index is 11.9. The van der Waals surface area contributed by atoms with Gasteiger partial charge in [-0.25, -0.2) is 9.78 Å². The van der Waals surface area contributed by atoms with Gasteiger partial charge in [-0.05, 0) is 47.9 Å². The summed E-state index contributed by atoms with van der Waals surface area (Å²) in [5, 5.41) is 14.1. The van der Waals surface area contributed by atoms with Gasteiger partial charge in [0.05, 0.1) is 12.8 Å². The lowest BCUT2D eigenvalue weighted by Gasteiger charge is -2.13. The Morgan fingerprint density at radius 3 is 2.43 bits per heavy atom. The van der Waals surface area contributed by atoms with Crippen molar-refractivity contribution in [3.8, 4) is 34.4 Å². The van der Waals surface area contributed by atoms with Crippen molar-refractivity contribution in [3.63, 3.8) is 0 Å². The molecule has 6 aromatic rings. The number of carboxylic acid groups (broad SMARTS) is 1. The zero-order valence-corrected chi connectivity index (χ0v) is 22.8. The number of carboxylic acids is 1. The van der Waals surface area contributed by atoms with Gasteiger partial charge in [0.2, 0.25) is 5.88 Å². The Bertz CT molecular complexity index is 1790. The second kappa shape index (κ2) is 11.9. The minimum absolute atomic E-state index is 0.00562. The minimum atomic E-state index is -1.10. The SMILES string of the molecule is Cc1oc(-c2ccco2)nc1COc1ccc(COc2nn(Cc3ccccc3)cc2C(=O)O)cc1-c1ccccc1. The molecule has 0 fully saturated rings. The van der Waals surface area contributed by atoms with Crippen molar-refractivity contribution in [1.29, 1.82) is 0 Å². The van der Waals surface area contributed by atoms with Gasteiger partial charge in [-0.3, -0.25) is 4.68 Å². The van der Waals surface area contributed by atoms with E-state index in [1.807, 2.05) is 85.8 Å². The Hall–Kier alpha value is -5.57. The van der Waals surface area contributed by atoms with Crippen molar-refractivity contribution in [2.24, 2.45) is 0 Å². The van der Waals surface area contributed by atoms with Crippen molar-refractivity contribution in [2.75, 3.05) is 0 Å². The summed E-state index contributed by atoms with van der Waals surface area (Å²) >= 11 is 0. The molecule has 1 N–H and O–H groups in total. The lowest BCUT2D eigenvalue weighted by atomic mass is 10.0. The minimum Gasteiger partial charge on any atom is -0.487 e. The number of nitrogens with zero attached hydrogens (tertiary/aromatic N) is 3. The smallest absolute Gasteiger partial charge is 0.342 e. The molecule has 0 aliphatic heterocycles. The van der Waals surface area contributed by atoms with Crippen LogP contribution in [0, 0.1) is 6.92 Å². The van der Waals surface area contributed by atoms with E-state index in [-0.39, 0.29) is 24.7 Å². The molecule has 6 rings (SSSR count). The molecule has 9 heteroatoms. The fraction of sp³-hybridized carbons (Fsp3) is 0.121. The van der Waals surface area contributed by atoms with Gasteiger partial charge in [0.15, 0.2) is 5.76 Å². The summed E-state index contributed by atoms with van der Waals surface area (Å²) in [5.74, 6) is 1.22. The van der Waals surface area contributed by atoms with Gasteiger partial charge in [-0.1, -0.05) is 66.7 Å². The maximum Gasteiger partial charge on any atom is 0.342 e. The highest BCUT2D eigenvalue weighted by atomic mass is 16.5. The largest absolute Gasteiger partial charge is 0.487 e. The number of furan rings is 1. The summed E-state index contributed by atoms with van der Waals surface area (Å²) in [6.07, 6.45) is 3.06. The van der Waals surface area contributed by atoms with E-state index >= 15 is 0 Å².